The quantitative estimate of drug-likeness (QED) is 0.0442. The lowest BCUT2D eigenvalue weighted by atomic mass is 10.1. The molecule has 8 aromatic rings. The van der Waals surface area contributed by atoms with Gasteiger partial charge in [-0.2, -0.15) is 20.3 Å². The zero-order valence-corrected chi connectivity index (χ0v) is 41.9. The molecule has 18 nitrogen and oxygen atoms in total. The summed E-state index contributed by atoms with van der Waals surface area (Å²) in [6.45, 7) is 3.84. The molecule has 0 spiro atoms. The van der Waals surface area contributed by atoms with Crippen LogP contribution in [0.2, 0.25) is 0 Å². The van der Waals surface area contributed by atoms with Crippen LogP contribution in [0.15, 0.2) is 128 Å². The number of aryl methyl sites for hydroxylation is 1. The largest absolute Gasteiger partial charge is 0.351 e. The Morgan fingerprint density at radius 3 is 2.42 bits per heavy atom. The maximum absolute atomic E-state index is 13.8. The third kappa shape index (κ3) is 11.3. The highest BCUT2D eigenvalue weighted by molar-refractivity contribution is 7.94. The van der Waals surface area contributed by atoms with E-state index in [2.05, 4.69) is 55.9 Å². The molecule has 0 radical (unpaired) electrons. The van der Waals surface area contributed by atoms with Gasteiger partial charge in [0.2, 0.25) is 10.3 Å². The van der Waals surface area contributed by atoms with Crippen molar-refractivity contribution in [3.05, 3.63) is 136 Å². The molecule has 2 aliphatic rings. The predicted molar refractivity (Wildman–Crippen MR) is 281 cm³/mol. The van der Waals surface area contributed by atoms with E-state index in [1.54, 1.807) is 35.7 Å². The highest BCUT2D eigenvalue weighted by Gasteiger charge is 2.36. The average molecular weight is 1040 g/mol. The number of carbonyl (C=O) groups is 3. The molecule has 0 aliphatic carbocycles. The zero-order valence-electron chi connectivity index (χ0n) is 37.9. The Balaban J connectivity index is 0.645. The summed E-state index contributed by atoms with van der Waals surface area (Å²) in [6, 6.07) is 29.2. The summed E-state index contributed by atoms with van der Waals surface area (Å²) in [6.07, 6.45) is 7.38. The average Bonchev–Trinajstić information content (AvgIpc) is 4.25. The normalized spacial score (nSPS) is 14.6. The molecule has 3 amide bonds. The van der Waals surface area contributed by atoms with E-state index in [-0.39, 0.29) is 21.7 Å². The molecular formula is C48H45N13O5S5. The number of sulfonamides is 1. The summed E-state index contributed by atoms with van der Waals surface area (Å²) < 4.78 is 30.9. The Morgan fingerprint density at radius 1 is 0.803 bits per heavy atom. The molecule has 2 aliphatic heterocycles. The minimum absolute atomic E-state index is 0.103. The van der Waals surface area contributed by atoms with Crippen LogP contribution in [0.1, 0.15) is 69.9 Å². The number of amides is 3. The fourth-order valence-electron chi connectivity index (χ4n) is 7.99. The van der Waals surface area contributed by atoms with Crippen LogP contribution in [0, 0.1) is 0 Å². The van der Waals surface area contributed by atoms with Gasteiger partial charge in [0.05, 0.1) is 33.5 Å². The number of fused-ring (bicyclic) bond motifs is 2. The number of hydrogen-bond donors (Lipinski definition) is 4. The number of anilines is 4. The molecule has 4 N–H and O–H groups in total. The monoisotopic (exact) mass is 1040 g/mol. The smallest absolute Gasteiger partial charge is 0.303 e. The number of carbonyl (C=O) groups excluding carboxylic acids is 3. The van der Waals surface area contributed by atoms with Gasteiger partial charge < -0.3 is 5.32 Å². The van der Waals surface area contributed by atoms with Gasteiger partial charge in [0.1, 0.15) is 14.8 Å². The minimum Gasteiger partial charge on any atom is -0.351 e. The Bertz CT molecular complexity index is 3370. The summed E-state index contributed by atoms with van der Waals surface area (Å²) in [5.74, 6) is -1.01. The van der Waals surface area contributed by atoms with Crippen molar-refractivity contribution in [2.75, 3.05) is 40.1 Å². The van der Waals surface area contributed by atoms with Gasteiger partial charge >= 0.3 is 5.91 Å². The second kappa shape index (κ2) is 21.5. The third-order valence-electron chi connectivity index (χ3n) is 11.5. The number of thiophene rings is 1. The molecule has 0 unspecified atom stereocenters. The maximum atomic E-state index is 13.8. The molecular weight excluding hydrogens is 999 g/mol. The van der Waals surface area contributed by atoms with E-state index < -0.39 is 15.9 Å². The Labute approximate surface area is 424 Å². The number of unbranched alkanes of at least 4 members (excludes halogenated alkanes) is 4. The van der Waals surface area contributed by atoms with Crippen molar-refractivity contribution in [2.45, 2.75) is 55.8 Å². The highest BCUT2D eigenvalue weighted by atomic mass is 32.2. The van der Waals surface area contributed by atoms with Gasteiger partial charge in [-0.25, -0.2) is 23.4 Å². The number of aromatic nitrogens is 5. The summed E-state index contributed by atoms with van der Waals surface area (Å²) in [5.41, 5.74) is 8.14. The van der Waals surface area contributed by atoms with Crippen LogP contribution in [-0.4, -0.2) is 86.8 Å². The van der Waals surface area contributed by atoms with Crippen molar-refractivity contribution >= 4 is 116 Å². The molecule has 5 aromatic heterocycles. The lowest BCUT2D eigenvalue weighted by molar-refractivity contribution is -0.112. The van der Waals surface area contributed by atoms with Gasteiger partial charge in [-0.05, 0) is 61.5 Å². The van der Waals surface area contributed by atoms with Crippen LogP contribution >= 0.6 is 45.3 Å². The van der Waals surface area contributed by atoms with Gasteiger partial charge in [0.15, 0.2) is 16.5 Å². The lowest BCUT2D eigenvalue weighted by Gasteiger charge is -2.19. The maximum Gasteiger partial charge on any atom is 0.303 e. The molecule has 23 heteroatoms. The van der Waals surface area contributed by atoms with Crippen LogP contribution in [0.3, 0.4) is 0 Å². The molecule has 71 heavy (non-hydrogen) atoms. The molecule has 362 valence electrons. The first kappa shape index (κ1) is 47.6. The van der Waals surface area contributed by atoms with E-state index in [0.717, 1.165) is 108 Å². The number of hydrazone groups is 2. The van der Waals surface area contributed by atoms with E-state index in [1.165, 1.54) is 33.9 Å². The summed E-state index contributed by atoms with van der Waals surface area (Å²) in [7, 11) is -3.69. The first-order chi connectivity index (χ1) is 34.6. The zero-order chi connectivity index (χ0) is 48.7. The lowest BCUT2D eigenvalue weighted by Crippen LogP contribution is -2.28. The first-order valence-electron chi connectivity index (χ1n) is 22.8. The highest BCUT2D eigenvalue weighted by Crippen LogP contribution is 2.32. The van der Waals surface area contributed by atoms with Gasteiger partial charge in [-0.1, -0.05) is 109 Å². The molecule has 0 bridgehead atoms. The van der Waals surface area contributed by atoms with Gasteiger partial charge in [-0.15, -0.1) is 22.7 Å². The number of nitrogens with zero attached hydrogens (tertiary/aromatic N) is 9. The third-order valence-corrected chi connectivity index (χ3v) is 16.9. The van der Waals surface area contributed by atoms with Crippen molar-refractivity contribution in [2.24, 2.45) is 10.2 Å². The second-order valence-electron chi connectivity index (χ2n) is 16.5. The molecule has 0 saturated carbocycles. The Morgan fingerprint density at radius 2 is 1.61 bits per heavy atom. The van der Waals surface area contributed by atoms with Gasteiger partial charge in [0, 0.05) is 42.7 Å². The predicted octanol–water partition coefficient (Wildman–Crippen LogP) is 8.99. The van der Waals surface area contributed by atoms with Crippen molar-refractivity contribution < 1.29 is 22.8 Å². The van der Waals surface area contributed by atoms with Gasteiger partial charge in [0.25, 0.3) is 21.8 Å². The van der Waals surface area contributed by atoms with Crippen LogP contribution in [-0.2, 0) is 27.9 Å². The van der Waals surface area contributed by atoms with Crippen LogP contribution in [0.4, 0.5) is 21.1 Å². The van der Waals surface area contributed by atoms with E-state index in [1.807, 2.05) is 76.8 Å². The van der Waals surface area contributed by atoms with Crippen molar-refractivity contribution in [3.63, 3.8) is 0 Å². The number of thiazole rings is 3. The Kier molecular flexibility index (Phi) is 14.5. The molecule has 3 aromatic carbocycles. The topological polar surface area (TPSA) is 221 Å². The fraction of sp³-hybridized carbons (Fsp3) is 0.229. The van der Waals surface area contributed by atoms with Crippen LogP contribution < -0.4 is 25.8 Å². The summed E-state index contributed by atoms with van der Waals surface area (Å²) >= 11 is 4.87. The number of hydrogen-bond acceptors (Lipinski definition) is 17. The summed E-state index contributed by atoms with van der Waals surface area (Å²) in [5, 5.41) is 25.6. The van der Waals surface area contributed by atoms with E-state index >= 15 is 0 Å². The fourth-order valence-corrected chi connectivity index (χ4v) is 12.4. The van der Waals surface area contributed by atoms with Crippen molar-refractivity contribution in [1.82, 2.24) is 34.9 Å². The van der Waals surface area contributed by atoms with E-state index in [4.69, 9.17) is 0 Å². The van der Waals surface area contributed by atoms with Crippen molar-refractivity contribution in [1.29, 1.82) is 0 Å². The first-order valence-corrected chi connectivity index (χ1v) is 27.7. The van der Waals surface area contributed by atoms with Crippen LogP contribution in [0.5, 0.6) is 0 Å². The number of nitrogens with one attached hydrogen (secondary N) is 4. The minimum atomic E-state index is -3.69. The number of rotatable bonds is 19. The van der Waals surface area contributed by atoms with Crippen LogP contribution in [0.25, 0.3) is 21.5 Å². The molecule has 0 saturated heterocycles. The summed E-state index contributed by atoms with van der Waals surface area (Å²) in [4.78, 5) is 56.5. The standard InChI is InChI=1S/C48H45N13O5S5/c62-43(53-47-51-35-20-19-33(26-38(35)69-47)58-71(65,66)40-18-12-25-67-40)36-27-34-29-59(23-13-24-60(34)56-36)22-11-3-1-2-10-21-49-44(63)39-28-50-46(70-39)55-54-42-41(32-16-8-5-9-17-32)57-61(45(42)64)48-52-37(30-68-48)31-14-6-4-7-15-31/h4-9,12,14-20,25-28,30,58H,1-3,10-11,13,21-24,29H2,(H,49,63)(H,50,55)(H,51,53,62)/b54-42+. The molecule has 10 rings (SSSR count). The molecule has 0 fully saturated rings. The Hall–Kier alpha value is -7.02. The second-order valence-corrected chi connectivity index (χ2v) is 22.3. The van der Waals surface area contributed by atoms with Gasteiger partial charge in [-0.3, -0.25) is 39.4 Å². The van der Waals surface area contributed by atoms with Crippen molar-refractivity contribution in [3.8, 4) is 11.3 Å². The molecule has 7 heterocycles. The SMILES string of the molecule is O=C(Nc1nc2ccc(NS(=O)(=O)c3cccs3)cc2s1)c1cc2n(n1)CCCN(CCCCCCCNC(=O)c1cnc(N/N=C3/C(=O)N(c4nc(-c5ccccc5)cs4)N=C3c3ccccc3)s1)C2. The molecule has 0 atom stereocenters. The van der Waals surface area contributed by atoms with E-state index in [9.17, 15) is 22.8 Å². The number of benzene rings is 3. The van der Waals surface area contributed by atoms with E-state index in [0.29, 0.717) is 56.0 Å².